The molecule has 6 heteroatoms. The highest BCUT2D eigenvalue weighted by atomic mass is 32.2. The van der Waals surface area contributed by atoms with Crippen LogP contribution in [0.2, 0.25) is 0 Å². The summed E-state index contributed by atoms with van der Waals surface area (Å²) in [5, 5.41) is 14.4. The predicted molar refractivity (Wildman–Crippen MR) is 119 cm³/mol. The third kappa shape index (κ3) is 11.7. The Labute approximate surface area is 174 Å². The van der Waals surface area contributed by atoms with Crippen LogP contribution in [0.15, 0.2) is 0 Å². The Kier molecular flexibility index (Phi) is 14.7. The fourth-order valence-corrected chi connectivity index (χ4v) is 5.76. The van der Waals surface area contributed by atoms with Crippen molar-refractivity contribution >= 4 is 10.0 Å². The van der Waals surface area contributed by atoms with Crippen LogP contribution in [-0.4, -0.2) is 39.1 Å². The highest BCUT2D eigenvalue weighted by Crippen LogP contribution is 2.37. The quantitative estimate of drug-likeness (QED) is 0.287. The molecule has 0 aromatic heterocycles. The zero-order valence-electron chi connectivity index (χ0n) is 19.0. The molecule has 0 unspecified atom stereocenters. The Morgan fingerprint density at radius 2 is 1.18 bits per heavy atom. The number of hydrogen-bond donors (Lipinski definition) is 2. The summed E-state index contributed by atoms with van der Waals surface area (Å²) in [6, 6.07) is 0. The molecule has 0 rings (SSSR count). The van der Waals surface area contributed by atoms with Gasteiger partial charge in [-0.2, -0.15) is 0 Å². The zero-order chi connectivity index (χ0) is 21.5. The van der Waals surface area contributed by atoms with Crippen molar-refractivity contribution in [2.75, 3.05) is 25.6 Å². The van der Waals surface area contributed by atoms with Gasteiger partial charge in [0.2, 0.25) is 10.0 Å². The minimum atomic E-state index is -3.43. The largest absolute Gasteiger partial charge is 0.396 e. The summed E-state index contributed by atoms with van der Waals surface area (Å²) >= 11 is 0. The lowest BCUT2D eigenvalue weighted by molar-refractivity contribution is 0.115. The summed E-state index contributed by atoms with van der Waals surface area (Å²) in [6.45, 7) is 10.5. The molecule has 0 aliphatic rings. The molecular weight excluding hydrogens is 374 g/mol. The lowest BCUT2D eigenvalue weighted by atomic mass is 9.74. The molecule has 0 amide bonds. The fourth-order valence-electron chi connectivity index (χ4n) is 4.35. The van der Waals surface area contributed by atoms with Gasteiger partial charge < -0.3 is 9.84 Å². The van der Waals surface area contributed by atoms with Crippen LogP contribution in [-0.2, 0) is 14.8 Å². The van der Waals surface area contributed by atoms with Crippen LogP contribution in [0.4, 0.5) is 0 Å². The van der Waals surface area contributed by atoms with Gasteiger partial charge in [0.15, 0.2) is 0 Å². The lowest BCUT2D eigenvalue weighted by Gasteiger charge is -2.32. The van der Waals surface area contributed by atoms with E-state index in [1.54, 1.807) is 0 Å². The van der Waals surface area contributed by atoms with E-state index in [2.05, 4.69) is 27.7 Å². The first-order chi connectivity index (χ1) is 13.2. The highest BCUT2D eigenvalue weighted by Gasteiger charge is 2.30. The summed E-state index contributed by atoms with van der Waals surface area (Å²) in [4.78, 5) is 0. The molecule has 0 saturated heterocycles. The first-order valence-corrected chi connectivity index (χ1v) is 13.1. The maximum Gasteiger partial charge on any atom is 0.209 e. The fraction of sp³-hybridized carbons (Fsp3) is 1.00. The van der Waals surface area contributed by atoms with E-state index < -0.39 is 10.0 Å². The van der Waals surface area contributed by atoms with Gasteiger partial charge in [0.05, 0.1) is 5.75 Å². The summed E-state index contributed by atoms with van der Waals surface area (Å²) in [5.41, 5.74) is 0.196. The van der Waals surface area contributed by atoms with Crippen molar-refractivity contribution in [1.29, 1.82) is 0 Å². The second kappa shape index (κ2) is 14.8. The molecule has 0 spiro atoms. The van der Waals surface area contributed by atoms with Gasteiger partial charge in [-0.05, 0) is 62.2 Å². The molecule has 0 fully saturated rings. The Hall–Kier alpha value is -0.170. The van der Waals surface area contributed by atoms with E-state index >= 15 is 0 Å². The van der Waals surface area contributed by atoms with Crippen molar-refractivity contribution in [1.82, 2.24) is 0 Å². The van der Waals surface area contributed by atoms with Gasteiger partial charge in [-0.1, -0.05) is 53.4 Å². The van der Waals surface area contributed by atoms with Crippen molar-refractivity contribution in [2.45, 2.75) is 105 Å². The molecule has 170 valence electrons. The zero-order valence-corrected chi connectivity index (χ0v) is 19.8. The molecule has 0 aliphatic carbocycles. The van der Waals surface area contributed by atoms with Crippen LogP contribution in [0.25, 0.3) is 0 Å². The van der Waals surface area contributed by atoms with Crippen LogP contribution < -0.4 is 5.14 Å². The Morgan fingerprint density at radius 3 is 1.57 bits per heavy atom. The number of aliphatic hydroxyl groups excluding tert-OH is 1. The molecule has 0 saturated carbocycles. The van der Waals surface area contributed by atoms with Crippen molar-refractivity contribution in [2.24, 2.45) is 16.0 Å². The van der Waals surface area contributed by atoms with Gasteiger partial charge >= 0.3 is 0 Å². The number of primary sulfonamides is 1. The monoisotopic (exact) mass is 421 g/mol. The van der Waals surface area contributed by atoms with Crippen LogP contribution in [0.5, 0.6) is 0 Å². The maximum atomic E-state index is 11.5. The molecule has 0 aromatic carbocycles. The summed E-state index contributed by atoms with van der Waals surface area (Å²) < 4.78 is 28.8. The van der Waals surface area contributed by atoms with Gasteiger partial charge in [0.1, 0.15) is 0 Å². The number of ether oxygens (including phenoxy) is 1. The minimum Gasteiger partial charge on any atom is -0.396 e. The molecule has 0 heterocycles. The van der Waals surface area contributed by atoms with Gasteiger partial charge in [0, 0.05) is 19.8 Å². The standard InChI is InChI=1S/C22H47NO4S/c1-5-21(6-2,16-13-17-24)14-9-11-18-27-19-12-10-15-22(7-3,8-4)20-28(23,25)26/h24H,5-20H2,1-4H3,(H2,23,25,26). The topological polar surface area (TPSA) is 89.6 Å². The molecular formula is C22H47NO4S. The molecule has 0 bridgehead atoms. The van der Waals surface area contributed by atoms with Gasteiger partial charge in [-0.15, -0.1) is 0 Å². The highest BCUT2D eigenvalue weighted by molar-refractivity contribution is 7.89. The van der Waals surface area contributed by atoms with E-state index in [0.29, 0.717) is 12.0 Å². The smallest absolute Gasteiger partial charge is 0.209 e. The number of rotatable bonds is 19. The number of nitrogens with two attached hydrogens (primary N) is 1. The van der Waals surface area contributed by atoms with Crippen LogP contribution in [0.1, 0.15) is 105 Å². The van der Waals surface area contributed by atoms with E-state index in [0.717, 1.165) is 64.6 Å². The van der Waals surface area contributed by atoms with Crippen LogP contribution >= 0.6 is 0 Å². The summed E-state index contributed by atoms with van der Waals surface area (Å²) in [6.07, 6.45) is 12.4. The number of sulfonamides is 1. The van der Waals surface area contributed by atoms with E-state index in [-0.39, 0.29) is 11.2 Å². The van der Waals surface area contributed by atoms with E-state index in [9.17, 15) is 8.42 Å². The normalized spacial score (nSPS) is 13.2. The minimum absolute atomic E-state index is 0.0841. The van der Waals surface area contributed by atoms with E-state index in [4.69, 9.17) is 15.0 Å². The lowest BCUT2D eigenvalue weighted by Crippen LogP contribution is -2.33. The van der Waals surface area contributed by atoms with Crippen LogP contribution in [0.3, 0.4) is 0 Å². The molecule has 28 heavy (non-hydrogen) atoms. The second-order valence-corrected chi connectivity index (χ2v) is 10.2. The molecule has 0 aliphatic heterocycles. The maximum absolute atomic E-state index is 11.5. The van der Waals surface area contributed by atoms with Gasteiger partial charge in [-0.25, -0.2) is 13.6 Å². The molecule has 0 atom stereocenters. The Balaban J connectivity index is 3.99. The second-order valence-electron chi connectivity index (χ2n) is 8.58. The van der Waals surface area contributed by atoms with Crippen molar-refractivity contribution in [3.63, 3.8) is 0 Å². The van der Waals surface area contributed by atoms with Crippen molar-refractivity contribution < 1.29 is 18.3 Å². The number of aliphatic hydroxyl groups is 1. The Morgan fingerprint density at radius 1 is 0.750 bits per heavy atom. The first kappa shape index (κ1) is 27.8. The summed E-state index contributed by atoms with van der Waals surface area (Å²) in [5.74, 6) is 0.0841. The van der Waals surface area contributed by atoms with Gasteiger partial charge in [0.25, 0.3) is 0 Å². The summed E-state index contributed by atoms with van der Waals surface area (Å²) in [7, 11) is -3.43. The third-order valence-corrected chi connectivity index (χ3v) is 7.88. The third-order valence-electron chi connectivity index (χ3n) is 6.86. The average Bonchev–Trinajstić information content (AvgIpc) is 2.67. The Bertz CT molecular complexity index is 471. The average molecular weight is 422 g/mol. The van der Waals surface area contributed by atoms with Gasteiger partial charge in [-0.3, -0.25) is 0 Å². The van der Waals surface area contributed by atoms with Crippen molar-refractivity contribution in [3.8, 4) is 0 Å². The molecule has 0 aromatic rings. The predicted octanol–water partition coefficient (Wildman–Crippen LogP) is 5.02. The first-order valence-electron chi connectivity index (χ1n) is 11.4. The van der Waals surface area contributed by atoms with E-state index in [1.165, 1.54) is 25.7 Å². The molecule has 5 nitrogen and oxygen atoms in total. The molecule has 0 radical (unpaired) electrons. The van der Waals surface area contributed by atoms with Crippen LogP contribution in [0, 0.1) is 10.8 Å². The van der Waals surface area contributed by atoms with Crippen molar-refractivity contribution in [3.05, 3.63) is 0 Å². The number of hydrogen-bond acceptors (Lipinski definition) is 4. The van der Waals surface area contributed by atoms with E-state index in [1.807, 2.05) is 0 Å². The SMILES string of the molecule is CCC(CC)(CCCO)CCCCOCCCCC(CC)(CC)CS(N)(=O)=O. The molecule has 3 N–H and O–H groups in total. The number of unbranched alkanes of at least 4 members (excludes halogenated alkanes) is 2.